The Hall–Kier alpha value is -1.95. The molecule has 1 spiro atoms. The number of carbonyl (C=O) groups is 2. The molecule has 0 aromatic carbocycles. The molecule has 2 fully saturated rings. The van der Waals surface area contributed by atoms with E-state index in [0.29, 0.717) is 19.4 Å². The Kier molecular flexibility index (Phi) is 5.30. The Balaban J connectivity index is 1.65. The topological polar surface area (TPSA) is 88.3 Å². The molecule has 2 amide bonds. The van der Waals surface area contributed by atoms with Gasteiger partial charge in [-0.15, -0.1) is 0 Å². The number of hydrogen-bond acceptors (Lipinski definition) is 4. The second-order valence-electron chi connectivity index (χ2n) is 9.04. The van der Waals surface area contributed by atoms with Gasteiger partial charge in [-0.3, -0.25) is 14.6 Å². The van der Waals surface area contributed by atoms with Crippen molar-refractivity contribution in [3.63, 3.8) is 0 Å². The Morgan fingerprint density at radius 1 is 1.30 bits per heavy atom. The van der Waals surface area contributed by atoms with Crippen LogP contribution in [0.4, 0.5) is 0 Å². The molecular weight excluding hydrogens is 340 g/mol. The minimum absolute atomic E-state index is 0.0586. The van der Waals surface area contributed by atoms with Gasteiger partial charge in [-0.1, -0.05) is 19.9 Å². The first kappa shape index (κ1) is 19.8. The maximum atomic E-state index is 12.6. The third-order valence-electron chi connectivity index (χ3n) is 6.88. The molecule has 148 valence electrons. The fraction of sp³-hybridized carbons (Fsp3) is 0.667. The highest BCUT2D eigenvalue weighted by atomic mass is 16.2. The lowest BCUT2D eigenvalue weighted by Gasteiger charge is -2.44. The van der Waals surface area contributed by atoms with Gasteiger partial charge in [0.25, 0.3) is 0 Å². The number of carbonyl (C=O) groups excluding carboxylic acids is 2. The summed E-state index contributed by atoms with van der Waals surface area (Å²) in [5.41, 5.74) is 5.94. The van der Waals surface area contributed by atoms with Crippen molar-refractivity contribution in [1.29, 1.82) is 0 Å². The number of likely N-dealkylation sites (tertiary alicyclic amines) is 1. The summed E-state index contributed by atoms with van der Waals surface area (Å²) in [6.07, 6.45) is 7.05. The van der Waals surface area contributed by atoms with E-state index in [4.69, 9.17) is 5.73 Å². The smallest absolute Gasteiger partial charge is 0.223 e. The van der Waals surface area contributed by atoms with Crippen molar-refractivity contribution in [2.45, 2.75) is 57.9 Å². The molecule has 1 aliphatic carbocycles. The summed E-state index contributed by atoms with van der Waals surface area (Å²) in [4.78, 5) is 30.7. The van der Waals surface area contributed by atoms with Crippen LogP contribution in [0.15, 0.2) is 24.4 Å². The zero-order chi connectivity index (χ0) is 19.7. The summed E-state index contributed by atoms with van der Waals surface area (Å²) in [7, 11) is 2.00. The monoisotopic (exact) mass is 372 g/mol. The number of nitrogens with one attached hydrogen (secondary N) is 1. The lowest BCUT2D eigenvalue weighted by molar-refractivity contribution is -0.130. The van der Waals surface area contributed by atoms with Crippen molar-refractivity contribution < 1.29 is 9.59 Å². The lowest BCUT2D eigenvalue weighted by Crippen LogP contribution is -2.47. The van der Waals surface area contributed by atoms with Gasteiger partial charge in [0.15, 0.2) is 0 Å². The predicted molar refractivity (Wildman–Crippen MR) is 105 cm³/mol. The summed E-state index contributed by atoms with van der Waals surface area (Å²) in [6.45, 7) is 5.09. The van der Waals surface area contributed by atoms with Crippen LogP contribution >= 0.6 is 0 Å². The SMILES string of the molecule is CNC1(c2ccccn2)CCC2(CC1)CC(=O)N(CCC(C)(C)C(N)=O)C2. The molecule has 0 atom stereocenters. The average Bonchev–Trinajstić information content (AvgIpc) is 2.97. The minimum Gasteiger partial charge on any atom is -0.369 e. The minimum atomic E-state index is -0.580. The number of amides is 2. The van der Waals surface area contributed by atoms with Crippen molar-refractivity contribution >= 4 is 11.8 Å². The van der Waals surface area contributed by atoms with Gasteiger partial charge in [0.1, 0.15) is 0 Å². The van der Waals surface area contributed by atoms with E-state index < -0.39 is 5.41 Å². The highest BCUT2D eigenvalue weighted by Crippen LogP contribution is 2.50. The molecule has 1 saturated carbocycles. The van der Waals surface area contributed by atoms with Crippen molar-refractivity contribution in [3.05, 3.63) is 30.1 Å². The molecule has 1 aliphatic heterocycles. The van der Waals surface area contributed by atoms with Gasteiger partial charge in [0.2, 0.25) is 11.8 Å². The van der Waals surface area contributed by atoms with E-state index in [2.05, 4.69) is 16.4 Å². The molecule has 3 rings (SSSR count). The van der Waals surface area contributed by atoms with Gasteiger partial charge >= 0.3 is 0 Å². The predicted octanol–water partition coefficient (Wildman–Crippen LogP) is 2.19. The van der Waals surface area contributed by atoms with E-state index in [9.17, 15) is 9.59 Å². The molecule has 0 bridgehead atoms. The largest absolute Gasteiger partial charge is 0.369 e. The molecule has 0 radical (unpaired) electrons. The highest BCUT2D eigenvalue weighted by Gasteiger charge is 2.49. The van der Waals surface area contributed by atoms with Crippen LogP contribution in [0.3, 0.4) is 0 Å². The van der Waals surface area contributed by atoms with Crippen LogP contribution < -0.4 is 11.1 Å². The van der Waals surface area contributed by atoms with E-state index in [1.165, 1.54) is 0 Å². The highest BCUT2D eigenvalue weighted by molar-refractivity contribution is 5.81. The first-order chi connectivity index (χ1) is 12.7. The van der Waals surface area contributed by atoms with Crippen LogP contribution in [0.2, 0.25) is 0 Å². The fourth-order valence-electron chi connectivity index (χ4n) is 4.55. The Morgan fingerprint density at radius 3 is 2.56 bits per heavy atom. The van der Waals surface area contributed by atoms with E-state index in [-0.39, 0.29) is 22.8 Å². The number of primary amides is 1. The molecule has 1 aromatic rings. The quantitative estimate of drug-likeness (QED) is 0.801. The Labute approximate surface area is 161 Å². The zero-order valence-electron chi connectivity index (χ0n) is 16.8. The average molecular weight is 373 g/mol. The van der Waals surface area contributed by atoms with Gasteiger partial charge in [-0.05, 0) is 56.7 Å². The molecule has 2 aliphatic rings. The van der Waals surface area contributed by atoms with Gasteiger partial charge in [-0.25, -0.2) is 0 Å². The van der Waals surface area contributed by atoms with Crippen LogP contribution in [-0.4, -0.2) is 41.8 Å². The maximum Gasteiger partial charge on any atom is 0.223 e. The molecule has 2 heterocycles. The number of hydrogen-bond donors (Lipinski definition) is 2. The summed E-state index contributed by atoms with van der Waals surface area (Å²) < 4.78 is 0. The molecule has 6 nitrogen and oxygen atoms in total. The van der Waals surface area contributed by atoms with Gasteiger partial charge < -0.3 is 16.0 Å². The van der Waals surface area contributed by atoms with Crippen LogP contribution in [0, 0.1) is 10.8 Å². The zero-order valence-corrected chi connectivity index (χ0v) is 16.8. The normalized spacial score (nSPS) is 28.7. The lowest BCUT2D eigenvalue weighted by atomic mass is 9.66. The van der Waals surface area contributed by atoms with Gasteiger partial charge in [-0.2, -0.15) is 0 Å². The van der Waals surface area contributed by atoms with Crippen LogP contribution in [0.25, 0.3) is 0 Å². The molecule has 0 unspecified atom stereocenters. The molecular formula is C21H32N4O2. The van der Waals surface area contributed by atoms with E-state index >= 15 is 0 Å². The van der Waals surface area contributed by atoms with E-state index in [0.717, 1.165) is 37.9 Å². The standard InChI is InChI=1S/C21H32N4O2/c1-19(2,18(22)27)11-13-25-15-20(14-17(25)26)7-9-21(23-3,10-8-20)16-6-4-5-12-24-16/h4-6,12,23H,7-11,13-15H2,1-3H3,(H2,22,27). The third kappa shape index (κ3) is 3.86. The number of rotatable bonds is 6. The Bertz CT molecular complexity index is 693. The number of nitrogens with two attached hydrogens (primary N) is 1. The van der Waals surface area contributed by atoms with Crippen molar-refractivity contribution in [2.24, 2.45) is 16.6 Å². The molecule has 1 aromatic heterocycles. The van der Waals surface area contributed by atoms with E-state index in [1.807, 2.05) is 44.1 Å². The molecule has 1 saturated heterocycles. The van der Waals surface area contributed by atoms with Crippen molar-refractivity contribution in [2.75, 3.05) is 20.1 Å². The maximum absolute atomic E-state index is 12.6. The second-order valence-corrected chi connectivity index (χ2v) is 9.04. The fourth-order valence-corrected chi connectivity index (χ4v) is 4.55. The number of aromatic nitrogens is 1. The second kappa shape index (κ2) is 7.23. The summed E-state index contributed by atoms with van der Waals surface area (Å²) in [5, 5.41) is 3.51. The van der Waals surface area contributed by atoms with Crippen molar-refractivity contribution in [1.82, 2.24) is 15.2 Å². The summed E-state index contributed by atoms with van der Waals surface area (Å²) >= 11 is 0. The molecule has 27 heavy (non-hydrogen) atoms. The van der Waals surface area contributed by atoms with Crippen LogP contribution in [0.5, 0.6) is 0 Å². The number of nitrogens with zero attached hydrogens (tertiary/aromatic N) is 2. The third-order valence-corrected chi connectivity index (χ3v) is 6.88. The summed E-state index contributed by atoms with van der Waals surface area (Å²) in [6, 6.07) is 6.07. The van der Waals surface area contributed by atoms with Gasteiger partial charge in [0, 0.05) is 31.1 Å². The van der Waals surface area contributed by atoms with E-state index in [1.54, 1.807) is 0 Å². The first-order valence-electron chi connectivity index (χ1n) is 9.90. The number of pyridine rings is 1. The van der Waals surface area contributed by atoms with Crippen molar-refractivity contribution in [3.8, 4) is 0 Å². The first-order valence-corrected chi connectivity index (χ1v) is 9.90. The molecule has 6 heteroatoms. The van der Waals surface area contributed by atoms with Crippen LogP contribution in [-0.2, 0) is 15.1 Å². The summed E-state index contributed by atoms with van der Waals surface area (Å²) in [5.74, 6) is -0.0965. The van der Waals surface area contributed by atoms with Gasteiger partial charge in [0.05, 0.1) is 11.2 Å². The molecule has 3 N–H and O–H groups in total. The van der Waals surface area contributed by atoms with Crippen LogP contribution in [0.1, 0.15) is 58.1 Å². The Morgan fingerprint density at radius 2 is 2.00 bits per heavy atom.